The third-order valence-corrected chi connectivity index (χ3v) is 8.54. The van der Waals surface area contributed by atoms with Gasteiger partial charge in [-0.15, -0.1) is 0 Å². The molecule has 8 rings (SSSR count). The zero-order valence-electron chi connectivity index (χ0n) is 24.7. The Morgan fingerprint density at radius 2 is 1.78 bits per heavy atom. The number of carboxylic acids is 1. The first-order valence-electron chi connectivity index (χ1n) is 15.1. The standard InChI is InChI=1S/C37H28FN3O5/c38-29-17-23(12-11-22(29)19-34-39-31-14-13-24(37(42)43)18-32(31)41(34)20-26-15-16-44-26)30-8-4-10-35(40-30)45-21-25-5-3-7-28-27-6-1-2-9-33(27)46-36(25)28/h1-14,17-18,26H,15-16,19-21H2,(H,42,43)/t26-/m0/s1. The SMILES string of the molecule is O=C(O)c1ccc2nc(Cc3ccc(-c4cccc(OCc5cccc6c5oc5ccccc56)n4)cc3F)n(C[C@@H]3CCO3)c2c1. The molecule has 1 N–H and O–H groups in total. The van der Waals surface area contributed by atoms with Crippen LogP contribution in [0.4, 0.5) is 4.39 Å². The van der Waals surface area contributed by atoms with E-state index < -0.39 is 5.97 Å². The molecule has 0 bridgehead atoms. The van der Waals surface area contributed by atoms with Crippen LogP contribution in [0.2, 0.25) is 0 Å². The van der Waals surface area contributed by atoms with Gasteiger partial charge in [-0.25, -0.2) is 19.2 Å². The molecule has 9 heteroatoms. The summed E-state index contributed by atoms with van der Waals surface area (Å²) >= 11 is 0. The highest BCUT2D eigenvalue weighted by atomic mass is 19.1. The normalized spacial score (nSPS) is 14.6. The van der Waals surface area contributed by atoms with Crippen LogP contribution < -0.4 is 4.74 Å². The molecule has 4 heterocycles. The Morgan fingerprint density at radius 3 is 2.61 bits per heavy atom. The number of aromatic nitrogens is 3. The molecule has 1 aliphatic heterocycles. The summed E-state index contributed by atoms with van der Waals surface area (Å²) in [5.74, 6) is -0.327. The molecular formula is C37H28FN3O5. The van der Waals surface area contributed by atoms with Crippen molar-refractivity contribution in [3.8, 4) is 17.1 Å². The molecule has 3 aromatic heterocycles. The van der Waals surface area contributed by atoms with Gasteiger partial charge in [0, 0.05) is 41.0 Å². The number of nitrogens with zero attached hydrogens (tertiary/aromatic N) is 3. The van der Waals surface area contributed by atoms with Crippen molar-refractivity contribution < 1.29 is 28.2 Å². The second kappa shape index (κ2) is 11.4. The minimum absolute atomic E-state index is 0.0176. The number of para-hydroxylation sites is 2. The van der Waals surface area contributed by atoms with E-state index in [1.807, 2.05) is 65.2 Å². The van der Waals surface area contributed by atoms with Crippen molar-refractivity contribution in [1.82, 2.24) is 14.5 Å². The Bertz CT molecular complexity index is 2270. The van der Waals surface area contributed by atoms with Crippen molar-refractivity contribution in [2.75, 3.05) is 6.61 Å². The number of imidazole rings is 1. The van der Waals surface area contributed by atoms with Crippen LogP contribution in [-0.2, 0) is 24.3 Å². The Morgan fingerprint density at radius 1 is 0.935 bits per heavy atom. The van der Waals surface area contributed by atoms with Gasteiger partial charge in [-0.05, 0) is 48.4 Å². The summed E-state index contributed by atoms with van der Waals surface area (Å²) in [6.45, 7) is 1.48. The predicted octanol–water partition coefficient (Wildman–Crippen LogP) is 7.79. The molecule has 1 aliphatic rings. The van der Waals surface area contributed by atoms with Crippen LogP contribution in [0.1, 0.15) is 33.7 Å². The van der Waals surface area contributed by atoms with E-state index in [0.717, 1.165) is 33.9 Å². The predicted molar refractivity (Wildman–Crippen MR) is 172 cm³/mol. The average molecular weight is 614 g/mol. The zero-order valence-corrected chi connectivity index (χ0v) is 24.7. The fourth-order valence-electron chi connectivity index (χ4n) is 6.02. The minimum Gasteiger partial charge on any atom is -0.478 e. The van der Waals surface area contributed by atoms with Gasteiger partial charge in [-0.2, -0.15) is 0 Å². The molecule has 0 unspecified atom stereocenters. The molecule has 46 heavy (non-hydrogen) atoms. The second-order valence-electron chi connectivity index (χ2n) is 11.5. The fraction of sp³-hybridized carbons (Fsp3) is 0.162. The fourth-order valence-corrected chi connectivity index (χ4v) is 6.02. The van der Waals surface area contributed by atoms with E-state index in [9.17, 15) is 9.90 Å². The lowest BCUT2D eigenvalue weighted by molar-refractivity contribution is -0.0589. The van der Waals surface area contributed by atoms with Crippen molar-refractivity contribution in [2.45, 2.75) is 32.1 Å². The van der Waals surface area contributed by atoms with Crippen LogP contribution in [0.3, 0.4) is 0 Å². The van der Waals surface area contributed by atoms with Crippen molar-refractivity contribution >= 4 is 38.9 Å². The quantitative estimate of drug-likeness (QED) is 0.177. The van der Waals surface area contributed by atoms with E-state index in [1.165, 1.54) is 12.1 Å². The Kier molecular flexibility index (Phi) is 6.95. The first-order chi connectivity index (χ1) is 22.5. The number of hydrogen-bond donors (Lipinski definition) is 1. The summed E-state index contributed by atoms with van der Waals surface area (Å²) in [6, 6.07) is 29.3. The van der Waals surface area contributed by atoms with Gasteiger partial charge >= 0.3 is 5.97 Å². The highest BCUT2D eigenvalue weighted by Crippen LogP contribution is 2.32. The molecule has 7 aromatic rings. The number of halogens is 1. The van der Waals surface area contributed by atoms with Crippen LogP contribution in [0.25, 0.3) is 44.2 Å². The smallest absolute Gasteiger partial charge is 0.335 e. The highest BCUT2D eigenvalue weighted by molar-refractivity contribution is 6.05. The molecule has 1 atom stereocenters. The number of hydrogen-bond acceptors (Lipinski definition) is 6. The number of rotatable bonds is 9. The first kappa shape index (κ1) is 28.0. The van der Waals surface area contributed by atoms with Crippen molar-refractivity contribution in [2.24, 2.45) is 0 Å². The van der Waals surface area contributed by atoms with Crippen molar-refractivity contribution in [3.05, 3.63) is 125 Å². The van der Waals surface area contributed by atoms with Crippen LogP contribution in [0.5, 0.6) is 5.88 Å². The average Bonchev–Trinajstić information content (AvgIpc) is 3.60. The summed E-state index contributed by atoms with van der Waals surface area (Å²) < 4.78 is 35.4. The molecule has 228 valence electrons. The third kappa shape index (κ3) is 5.14. The van der Waals surface area contributed by atoms with Gasteiger partial charge in [-0.1, -0.05) is 54.6 Å². The molecule has 1 saturated heterocycles. The Labute approximate surface area is 262 Å². The van der Waals surface area contributed by atoms with E-state index in [-0.39, 0.29) is 30.5 Å². The van der Waals surface area contributed by atoms with Crippen LogP contribution >= 0.6 is 0 Å². The van der Waals surface area contributed by atoms with Crippen molar-refractivity contribution in [1.29, 1.82) is 0 Å². The van der Waals surface area contributed by atoms with Gasteiger partial charge in [0.15, 0.2) is 0 Å². The van der Waals surface area contributed by atoms with E-state index in [1.54, 1.807) is 24.3 Å². The van der Waals surface area contributed by atoms with E-state index in [2.05, 4.69) is 4.98 Å². The molecule has 4 aromatic carbocycles. The van der Waals surface area contributed by atoms with Crippen LogP contribution in [0.15, 0.2) is 101 Å². The summed E-state index contributed by atoms with van der Waals surface area (Å²) in [4.78, 5) is 21.0. The summed E-state index contributed by atoms with van der Waals surface area (Å²) in [5, 5.41) is 11.6. The number of pyridine rings is 1. The van der Waals surface area contributed by atoms with Crippen LogP contribution in [-0.4, -0.2) is 38.3 Å². The van der Waals surface area contributed by atoms with Gasteiger partial charge in [0.2, 0.25) is 5.88 Å². The molecule has 0 saturated carbocycles. The lowest BCUT2D eigenvalue weighted by Crippen LogP contribution is -2.31. The lowest BCUT2D eigenvalue weighted by atomic mass is 10.1. The highest BCUT2D eigenvalue weighted by Gasteiger charge is 2.23. The van der Waals surface area contributed by atoms with E-state index in [0.29, 0.717) is 52.7 Å². The zero-order chi connectivity index (χ0) is 31.2. The van der Waals surface area contributed by atoms with Gasteiger partial charge in [0.05, 0.1) is 34.9 Å². The van der Waals surface area contributed by atoms with Gasteiger partial charge < -0.3 is 23.6 Å². The number of ether oxygens (including phenoxy) is 2. The molecule has 8 nitrogen and oxygen atoms in total. The van der Waals surface area contributed by atoms with Gasteiger partial charge in [0.1, 0.15) is 29.4 Å². The summed E-state index contributed by atoms with van der Waals surface area (Å²) in [7, 11) is 0. The first-order valence-corrected chi connectivity index (χ1v) is 15.1. The summed E-state index contributed by atoms with van der Waals surface area (Å²) in [5.41, 5.74) is 5.73. The van der Waals surface area contributed by atoms with E-state index >= 15 is 4.39 Å². The monoisotopic (exact) mass is 613 g/mol. The number of carboxylic acid groups (broad SMARTS) is 1. The number of carbonyl (C=O) groups is 1. The summed E-state index contributed by atoms with van der Waals surface area (Å²) in [6.07, 6.45) is 1.16. The maximum atomic E-state index is 15.6. The third-order valence-electron chi connectivity index (χ3n) is 8.54. The van der Waals surface area contributed by atoms with Gasteiger partial charge in [-0.3, -0.25) is 0 Å². The number of benzene rings is 4. The molecular weight excluding hydrogens is 585 g/mol. The molecule has 0 radical (unpaired) electrons. The lowest BCUT2D eigenvalue weighted by Gasteiger charge is -2.27. The molecule has 0 aliphatic carbocycles. The topological polar surface area (TPSA) is 99.6 Å². The maximum absolute atomic E-state index is 15.6. The molecule has 0 spiro atoms. The minimum atomic E-state index is -1.01. The Balaban J connectivity index is 1.03. The van der Waals surface area contributed by atoms with Crippen molar-refractivity contribution in [3.63, 3.8) is 0 Å². The van der Waals surface area contributed by atoms with E-state index in [4.69, 9.17) is 18.9 Å². The number of fused-ring (bicyclic) bond motifs is 4. The van der Waals surface area contributed by atoms with Gasteiger partial charge in [0.25, 0.3) is 0 Å². The Hall–Kier alpha value is -5.54. The molecule has 1 fully saturated rings. The number of aromatic carboxylic acids is 1. The van der Waals surface area contributed by atoms with Crippen LogP contribution in [0, 0.1) is 5.82 Å². The molecule has 0 amide bonds. The second-order valence-corrected chi connectivity index (χ2v) is 11.5. The maximum Gasteiger partial charge on any atom is 0.335 e. The number of furan rings is 1. The largest absolute Gasteiger partial charge is 0.478 e.